The van der Waals surface area contributed by atoms with Gasteiger partial charge in [0.05, 0.1) is 12.5 Å². The van der Waals surface area contributed by atoms with Gasteiger partial charge in [-0.1, -0.05) is 5.21 Å². The minimum atomic E-state index is -1.43. The molecular formula is C19H21N11O4. The van der Waals surface area contributed by atoms with Crippen molar-refractivity contribution in [1.82, 2.24) is 50.0 Å². The van der Waals surface area contributed by atoms with Crippen molar-refractivity contribution < 1.29 is 19.7 Å². The molecule has 4 aromatic heterocycles. The van der Waals surface area contributed by atoms with Gasteiger partial charge in [0.1, 0.15) is 23.6 Å². The van der Waals surface area contributed by atoms with Crippen molar-refractivity contribution in [1.29, 1.82) is 0 Å². The number of aromatic nitrogens is 9. The first-order valence-electron chi connectivity index (χ1n) is 10.4. The molecule has 0 spiro atoms. The van der Waals surface area contributed by atoms with Crippen molar-refractivity contribution >= 4 is 22.9 Å². The molecule has 4 atom stereocenters. The van der Waals surface area contributed by atoms with E-state index in [2.05, 4.69) is 46.1 Å². The number of hydrogen-bond donors (Lipinski definition) is 4. The Morgan fingerprint density at radius 2 is 2.06 bits per heavy atom. The van der Waals surface area contributed by atoms with Crippen molar-refractivity contribution in [2.45, 2.75) is 31.5 Å². The first-order valence-corrected chi connectivity index (χ1v) is 10.4. The van der Waals surface area contributed by atoms with Crippen LogP contribution in [0.3, 0.4) is 0 Å². The number of nitrogens with one attached hydrogen (secondary N) is 2. The molecule has 0 unspecified atom stereocenters. The minimum absolute atomic E-state index is 0.170. The molecule has 1 fully saturated rings. The van der Waals surface area contributed by atoms with E-state index in [4.69, 9.17) is 4.74 Å². The van der Waals surface area contributed by atoms with Crippen LogP contribution in [0.5, 0.6) is 0 Å². The summed E-state index contributed by atoms with van der Waals surface area (Å²) in [4.78, 5) is 25.5. The smallest absolute Gasteiger partial charge is 0.256 e. The number of aliphatic hydroxyl groups excluding tert-OH is 2. The third-order valence-corrected chi connectivity index (χ3v) is 5.30. The van der Waals surface area contributed by atoms with E-state index in [-0.39, 0.29) is 5.95 Å². The first-order chi connectivity index (χ1) is 16.5. The number of ether oxygens (including phenoxy) is 1. The van der Waals surface area contributed by atoms with Crippen LogP contribution in [0.15, 0.2) is 30.9 Å². The molecule has 4 aromatic rings. The highest BCUT2D eigenvalue weighted by Gasteiger charge is 2.47. The zero-order valence-electron chi connectivity index (χ0n) is 18.1. The molecule has 5 heterocycles. The molecule has 1 saturated heterocycles. The van der Waals surface area contributed by atoms with E-state index in [0.29, 0.717) is 34.9 Å². The molecular weight excluding hydrogens is 446 g/mol. The largest absolute Gasteiger partial charge is 0.387 e. The highest BCUT2D eigenvalue weighted by molar-refractivity contribution is 5.84. The number of aliphatic hydroxyl groups is 2. The van der Waals surface area contributed by atoms with Gasteiger partial charge in [-0.15, -0.1) is 10.2 Å². The first kappa shape index (κ1) is 21.7. The van der Waals surface area contributed by atoms with Crippen LogP contribution in [0.1, 0.15) is 13.2 Å². The predicted molar refractivity (Wildman–Crippen MR) is 115 cm³/mol. The number of likely N-dealkylation sites (N-methyl/N-ethyl adjacent to an activating group) is 1. The van der Waals surface area contributed by atoms with E-state index in [9.17, 15) is 15.0 Å². The zero-order chi connectivity index (χ0) is 23.8. The number of rotatable bonds is 6. The van der Waals surface area contributed by atoms with Crippen molar-refractivity contribution in [3.8, 4) is 17.3 Å². The summed E-state index contributed by atoms with van der Waals surface area (Å²) in [6.45, 7) is 2.46. The third kappa shape index (κ3) is 3.60. The summed E-state index contributed by atoms with van der Waals surface area (Å²) in [6, 6.07) is 3.48. The highest BCUT2D eigenvalue weighted by atomic mass is 16.6. The molecule has 4 N–H and O–H groups in total. The second-order valence-electron chi connectivity index (χ2n) is 7.43. The SMILES string of the molecule is CCNc1nc(-n2cc(-c3cccnn3)nn2)nc2c1ncn2[C@@H]1O[C@H](C(=O)NC)[C@@H](O)[C@H]1O. The zero-order valence-corrected chi connectivity index (χ0v) is 18.1. The predicted octanol–water partition coefficient (Wildman–Crippen LogP) is -1.34. The molecule has 1 aliphatic heterocycles. The maximum Gasteiger partial charge on any atom is 0.256 e. The third-order valence-electron chi connectivity index (χ3n) is 5.30. The van der Waals surface area contributed by atoms with Gasteiger partial charge in [0, 0.05) is 19.8 Å². The van der Waals surface area contributed by atoms with Crippen LogP contribution in [-0.4, -0.2) is 92.7 Å². The summed E-state index contributed by atoms with van der Waals surface area (Å²) in [5, 5.41) is 42.5. The summed E-state index contributed by atoms with van der Waals surface area (Å²) in [5.74, 6) is 0.0405. The summed E-state index contributed by atoms with van der Waals surface area (Å²) >= 11 is 0. The van der Waals surface area contributed by atoms with Crippen LogP contribution in [0.2, 0.25) is 0 Å². The Balaban J connectivity index is 1.58. The quantitative estimate of drug-likeness (QED) is 0.261. The molecule has 34 heavy (non-hydrogen) atoms. The number of fused-ring (bicyclic) bond motifs is 1. The van der Waals surface area contributed by atoms with E-state index < -0.39 is 30.4 Å². The van der Waals surface area contributed by atoms with Crippen LogP contribution in [0, 0.1) is 0 Å². The summed E-state index contributed by atoms with van der Waals surface area (Å²) < 4.78 is 8.49. The van der Waals surface area contributed by atoms with Gasteiger partial charge < -0.3 is 25.6 Å². The lowest BCUT2D eigenvalue weighted by Gasteiger charge is -2.16. The number of anilines is 1. The van der Waals surface area contributed by atoms with Gasteiger partial charge in [-0.2, -0.15) is 19.7 Å². The van der Waals surface area contributed by atoms with Gasteiger partial charge in [-0.25, -0.2) is 4.98 Å². The number of hydrogen-bond acceptors (Lipinski definition) is 12. The number of carbonyl (C=O) groups excluding carboxylic acids is 1. The normalized spacial score (nSPS) is 22.2. The summed E-state index contributed by atoms with van der Waals surface area (Å²) in [6.07, 6.45) is -0.610. The molecule has 15 heteroatoms. The number of imidazole rings is 1. The molecule has 0 aromatic carbocycles. The van der Waals surface area contributed by atoms with Gasteiger partial charge in [-0.05, 0) is 19.1 Å². The lowest BCUT2D eigenvalue weighted by atomic mass is 10.1. The van der Waals surface area contributed by atoms with E-state index in [1.165, 1.54) is 22.6 Å². The van der Waals surface area contributed by atoms with Crippen LogP contribution in [-0.2, 0) is 9.53 Å². The minimum Gasteiger partial charge on any atom is -0.387 e. The van der Waals surface area contributed by atoms with Crippen molar-refractivity contribution in [2.24, 2.45) is 0 Å². The van der Waals surface area contributed by atoms with E-state index in [0.717, 1.165) is 0 Å². The summed E-state index contributed by atoms with van der Waals surface area (Å²) in [7, 11) is 1.42. The fourth-order valence-corrected chi connectivity index (χ4v) is 3.65. The standard InChI is InChI=1S/C19H21N11O4/c1-3-21-15-11-16(29(8-22-11)18-13(32)12(31)14(34-18)17(33)20-2)25-19(24-15)30-7-10(27-28-30)9-5-4-6-23-26-9/h4-8,12-14,18,31-32H,3H2,1-2H3,(H,20,33)(H,21,24,25)/t12-,13+,14-,18+/m0/s1. The Morgan fingerprint density at radius 3 is 2.79 bits per heavy atom. The van der Waals surface area contributed by atoms with Gasteiger partial charge in [0.2, 0.25) is 0 Å². The average molecular weight is 467 g/mol. The fourth-order valence-electron chi connectivity index (χ4n) is 3.65. The maximum atomic E-state index is 12.1. The molecule has 0 bridgehead atoms. The molecule has 176 valence electrons. The lowest BCUT2D eigenvalue weighted by Crippen LogP contribution is -2.41. The van der Waals surface area contributed by atoms with Crippen LogP contribution in [0.25, 0.3) is 28.5 Å². The second kappa shape index (κ2) is 8.69. The van der Waals surface area contributed by atoms with Gasteiger partial charge in [-0.3, -0.25) is 9.36 Å². The highest BCUT2D eigenvalue weighted by Crippen LogP contribution is 2.33. The topological polar surface area (TPSA) is 191 Å². The van der Waals surface area contributed by atoms with Crippen molar-refractivity contribution in [3.05, 3.63) is 30.9 Å². The molecule has 1 aliphatic rings. The van der Waals surface area contributed by atoms with Crippen molar-refractivity contribution in [3.63, 3.8) is 0 Å². The van der Waals surface area contributed by atoms with Crippen LogP contribution >= 0.6 is 0 Å². The Hall–Kier alpha value is -4.08. The number of amides is 1. The Kier molecular flexibility index (Phi) is 5.56. The van der Waals surface area contributed by atoms with Gasteiger partial charge in [0.25, 0.3) is 11.9 Å². The monoisotopic (exact) mass is 467 g/mol. The molecule has 0 radical (unpaired) electrons. The molecule has 1 amide bonds. The van der Waals surface area contributed by atoms with E-state index in [1.807, 2.05) is 6.92 Å². The summed E-state index contributed by atoms with van der Waals surface area (Å²) in [5.41, 5.74) is 1.71. The van der Waals surface area contributed by atoms with Crippen LogP contribution in [0.4, 0.5) is 5.82 Å². The van der Waals surface area contributed by atoms with Crippen molar-refractivity contribution in [2.75, 3.05) is 18.9 Å². The Bertz CT molecular complexity index is 1320. The average Bonchev–Trinajstić information content (AvgIpc) is 3.58. The maximum absolute atomic E-state index is 12.1. The molecule has 0 saturated carbocycles. The molecule has 15 nitrogen and oxygen atoms in total. The number of carbonyl (C=O) groups is 1. The lowest BCUT2D eigenvalue weighted by molar-refractivity contribution is -0.137. The second-order valence-corrected chi connectivity index (χ2v) is 7.43. The van der Waals surface area contributed by atoms with E-state index >= 15 is 0 Å². The van der Waals surface area contributed by atoms with Crippen LogP contribution < -0.4 is 10.6 Å². The van der Waals surface area contributed by atoms with Gasteiger partial charge >= 0.3 is 0 Å². The van der Waals surface area contributed by atoms with E-state index in [1.54, 1.807) is 24.5 Å². The number of nitrogens with zero attached hydrogens (tertiary/aromatic N) is 9. The fraction of sp³-hybridized carbons (Fsp3) is 0.368. The Morgan fingerprint density at radius 1 is 1.21 bits per heavy atom. The van der Waals surface area contributed by atoms with Gasteiger partial charge in [0.15, 0.2) is 29.3 Å². The Labute approximate surface area is 191 Å². The molecule has 0 aliphatic carbocycles. The molecule has 5 rings (SSSR count).